The fourth-order valence-corrected chi connectivity index (χ4v) is 4.51. The van der Waals surface area contributed by atoms with Crippen LogP contribution in [-0.2, 0) is 9.84 Å². The van der Waals surface area contributed by atoms with Crippen molar-refractivity contribution in [2.75, 3.05) is 37.0 Å². The molecule has 0 aliphatic carbocycles. The Morgan fingerprint density at radius 3 is 2.79 bits per heavy atom. The van der Waals surface area contributed by atoms with E-state index in [9.17, 15) is 8.42 Å². The molecular weight excluding hydrogens is 328 g/mol. The summed E-state index contributed by atoms with van der Waals surface area (Å²) in [6.07, 6.45) is 0.758. The molecule has 1 aliphatic heterocycles. The average Bonchev–Trinajstić information content (AvgIpc) is 2.72. The summed E-state index contributed by atoms with van der Waals surface area (Å²) in [5, 5.41) is 3.35. The number of benzene rings is 1. The van der Waals surface area contributed by atoms with E-state index in [1.54, 1.807) is 0 Å². The van der Waals surface area contributed by atoms with E-state index in [0.29, 0.717) is 11.5 Å². The predicted molar refractivity (Wildman–Crippen MR) is 82.3 cm³/mol. The Bertz CT molecular complexity index is 533. The molecule has 1 N–H and O–H groups in total. The topological polar surface area (TPSA) is 49.4 Å². The van der Waals surface area contributed by atoms with Gasteiger partial charge in [0.2, 0.25) is 0 Å². The van der Waals surface area contributed by atoms with Crippen LogP contribution in [0.1, 0.15) is 6.42 Å². The number of anilines is 1. The van der Waals surface area contributed by atoms with Crippen LogP contribution in [0.2, 0.25) is 0 Å². The lowest BCUT2D eigenvalue weighted by Gasteiger charge is -2.23. The first-order chi connectivity index (χ1) is 8.98. The fourth-order valence-electron chi connectivity index (χ4n) is 2.28. The van der Waals surface area contributed by atoms with Gasteiger partial charge in [-0.3, -0.25) is 0 Å². The summed E-state index contributed by atoms with van der Waals surface area (Å²) in [5.74, 6) is 0.637. The van der Waals surface area contributed by atoms with Crippen molar-refractivity contribution in [3.63, 3.8) is 0 Å². The first kappa shape index (κ1) is 14.8. The van der Waals surface area contributed by atoms with E-state index in [4.69, 9.17) is 0 Å². The van der Waals surface area contributed by atoms with Gasteiger partial charge in [0.25, 0.3) is 0 Å². The van der Waals surface area contributed by atoms with Gasteiger partial charge in [-0.1, -0.05) is 12.1 Å². The molecule has 19 heavy (non-hydrogen) atoms. The van der Waals surface area contributed by atoms with E-state index < -0.39 is 9.84 Å². The van der Waals surface area contributed by atoms with E-state index in [1.165, 1.54) is 0 Å². The quantitative estimate of drug-likeness (QED) is 0.885. The standard InChI is InChI=1S/C13H19BrN2O2S/c1-16(11-6-9-19(17,18)10-11)8-7-15-13-5-3-2-4-12(13)14/h2-5,11,15H,6-10H2,1H3. The highest BCUT2D eigenvalue weighted by Crippen LogP contribution is 2.21. The first-order valence-corrected chi connectivity index (χ1v) is 8.98. The van der Waals surface area contributed by atoms with E-state index in [0.717, 1.165) is 29.7 Å². The van der Waals surface area contributed by atoms with Crippen molar-refractivity contribution in [3.05, 3.63) is 28.7 Å². The van der Waals surface area contributed by atoms with Crippen LogP contribution < -0.4 is 5.32 Å². The van der Waals surface area contributed by atoms with E-state index >= 15 is 0 Å². The van der Waals surface area contributed by atoms with E-state index in [-0.39, 0.29) is 6.04 Å². The van der Waals surface area contributed by atoms with Gasteiger partial charge in [0, 0.05) is 29.3 Å². The van der Waals surface area contributed by atoms with Crippen molar-refractivity contribution in [1.29, 1.82) is 0 Å². The third-order valence-corrected chi connectivity index (χ3v) is 5.93. The zero-order chi connectivity index (χ0) is 13.9. The van der Waals surface area contributed by atoms with Crippen LogP contribution in [-0.4, -0.2) is 51.0 Å². The molecule has 0 amide bonds. The maximum atomic E-state index is 11.4. The number of hydrogen-bond acceptors (Lipinski definition) is 4. The molecule has 106 valence electrons. The molecular formula is C13H19BrN2O2S. The Morgan fingerprint density at radius 2 is 2.16 bits per heavy atom. The molecule has 1 aliphatic rings. The van der Waals surface area contributed by atoms with Crippen molar-refractivity contribution in [2.24, 2.45) is 0 Å². The van der Waals surface area contributed by atoms with Crippen LogP contribution in [0.3, 0.4) is 0 Å². The normalized spacial score (nSPS) is 21.7. The average molecular weight is 347 g/mol. The molecule has 1 unspecified atom stereocenters. The molecule has 4 nitrogen and oxygen atoms in total. The second kappa shape index (κ2) is 6.24. The van der Waals surface area contributed by atoms with Crippen molar-refractivity contribution in [2.45, 2.75) is 12.5 Å². The summed E-state index contributed by atoms with van der Waals surface area (Å²) >= 11 is 3.49. The molecule has 0 spiro atoms. The lowest BCUT2D eigenvalue weighted by molar-refractivity contribution is 0.272. The zero-order valence-electron chi connectivity index (χ0n) is 11.0. The summed E-state index contributed by atoms with van der Waals surface area (Å²) in [4.78, 5) is 2.13. The van der Waals surface area contributed by atoms with Gasteiger partial charge in [-0.05, 0) is 41.5 Å². The monoisotopic (exact) mass is 346 g/mol. The Balaban J connectivity index is 1.79. The second-order valence-corrected chi connectivity index (χ2v) is 8.03. The number of likely N-dealkylation sites (N-methyl/N-ethyl adjacent to an activating group) is 1. The maximum absolute atomic E-state index is 11.4. The largest absolute Gasteiger partial charge is 0.383 e. The number of nitrogens with one attached hydrogen (secondary N) is 1. The molecule has 1 fully saturated rings. The lowest BCUT2D eigenvalue weighted by Crippen LogP contribution is -2.36. The van der Waals surface area contributed by atoms with Crippen LogP contribution in [0.15, 0.2) is 28.7 Å². The Labute approximate surface area is 123 Å². The van der Waals surface area contributed by atoms with Crippen LogP contribution in [0, 0.1) is 0 Å². The van der Waals surface area contributed by atoms with Crippen LogP contribution >= 0.6 is 15.9 Å². The molecule has 0 bridgehead atoms. The lowest BCUT2D eigenvalue weighted by atomic mass is 10.2. The SMILES string of the molecule is CN(CCNc1ccccc1Br)C1CCS(=O)(=O)C1. The summed E-state index contributed by atoms with van der Waals surface area (Å²) < 4.78 is 23.9. The van der Waals surface area contributed by atoms with Crippen molar-refractivity contribution >= 4 is 31.5 Å². The minimum absolute atomic E-state index is 0.172. The van der Waals surface area contributed by atoms with E-state index in [2.05, 4.69) is 26.1 Å². The van der Waals surface area contributed by atoms with Crippen LogP contribution in [0.4, 0.5) is 5.69 Å². The fraction of sp³-hybridized carbons (Fsp3) is 0.538. The van der Waals surface area contributed by atoms with Crippen molar-refractivity contribution in [1.82, 2.24) is 4.90 Å². The first-order valence-electron chi connectivity index (χ1n) is 6.37. The van der Waals surface area contributed by atoms with Gasteiger partial charge in [0.15, 0.2) is 9.84 Å². The molecule has 1 aromatic carbocycles. The molecule has 2 rings (SSSR count). The number of rotatable bonds is 5. The van der Waals surface area contributed by atoms with Gasteiger partial charge in [-0.25, -0.2) is 8.42 Å². The number of halogens is 1. The van der Waals surface area contributed by atoms with Crippen LogP contribution in [0.25, 0.3) is 0 Å². The van der Waals surface area contributed by atoms with E-state index in [1.807, 2.05) is 31.3 Å². The third-order valence-electron chi connectivity index (χ3n) is 3.49. The van der Waals surface area contributed by atoms with Crippen LogP contribution in [0.5, 0.6) is 0 Å². The third kappa shape index (κ3) is 4.19. The maximum Gasteiger partial charge on any atom is 0.151 e. The van der Waals surface area contributed by atoms with Gasteiger partial charge >= 0.3 is 0 Å². The highest BCUT2D eigenvalue weighted by molar-refractivity contribution is 9.10. The highest BCUT2D eigenvalue weighted by Gasteiger charge is 2.30. The summed E-state index contributed by atoms with van der Waals surface area (Å²) in [5.41, 5.74) is 1.06. The van der Waals surface area contributed by atoms with Gasteiger partial charge < -0.3 is 10.2 Å². The Kier molecular flexibility index (Phi) is 4.86. The zero-order valence-corrected chi connectivity index (χ0v) is 13.4. The van der Waals surface area contributed by atoms with Crippen molar-refractivity contribution in [3.8, 4) is 0 Å². The van der Waals surface area contributed by atoms with Gasteiger partial charge in [-0.2, -0.15) is 0 Å². The number of hydrogen-bond donors (Lipinski definition) is 1. The molecule has 6 heteroatoms. The minimum atomic E-state index is -2.79. The van der Waals surface area contributed by atoms with Gasteiger partial charge in [-0.15, -0.1) is 0 Å². The molecule has 0 saturated carbocycles. The van der Waals surface area contributed by atoms with Gasteiger partial charge in [0.05, 0.1) is 11.5 Å². The highest BCUT2D eigenvalue weighted by atomic mass is 79.9. The van der Waals surface area contributed by atoms with Crippen molar-refractivity contribution < 1.29 is 8.42 Å². The molecule has 0 aromatic heterocycles. The summed E-state index contributed by atoms with van der Waals surface area (Å²) in [6, 6.07) is 8.15. The smallest absolute Gasteiger partial charge is 0.151 e. The minimum Gasteiger partial charge on any atom is -0.383 e. The predicted octanol–water partition coefficient (Wildman–Crippen LogP) is 1.98. The summed E-state index contributed by atoms with van der Waals surface area (Å²) in [6.45, 7) is 1.64. The Hall–Kier alpha value is -0.590. The number of sulfone groups is 1. The number of nitrogens with zero attached hydrogens (tertiary/aromatic N) is 1. The molecule has 1 saturated heterocycles. The summed E-state index contributed by atoms with van der Waals surface area (Å²) in [7, 11) is -0.801. The molecule has 0 radical (unpaired) electrons. The van der Waals surface area contributed by atoms with Gasteiger partial charge in [0.1, 0.15) is 0 Å². The number of para-hydroxylation sites is 1. The Morgan fingerprint density at radius 1 is 1.42 bits per heavy atom. The second-order valence-electron chi connectivity index (χ2n) is 4.94. The molecule has 1 heterocycles. The molecule has 1 atom stereocenters. The molecule has 1 aromatic rings.